The van der Waals surface area contributed by atoms with Crippen LogP contribution in [0.3, 0.4) is 0 Å². The van der Waals surface area contributed by atoms with Crippen LogP contribution < -0.4 is 15.5 Å². The van der Waals surface area contributed by atoms with Crippen LogP contribution in [0.1, 0.15) is 44.4 Å². The van der Waals surface area contributed by atoms with Crippen molar-refractivity contribution in [2.45, 2.75) is 52.1 Å². The summed E-state index contributed by atoms with van der Waals surface area (Å²) < 4.78 is 35.6. The molecule has 4 aromatic rings. The highest BCUT2D eigenvalue weighted by atomic mass is 19.1. The number of halogens is 2. The number of aryl methyl sites for hydroxylation is 1. The molecule has 12 heteroatoms. The molecule has 0 aliphatic carbocycles. The molecular weight excluding hydrogens is 594 g/mol. The molecule has 2 N–H and O–H groups in total. The predicted molar refractivity (Wildman–Crippen MR) is 173 cm³/mol. The normalized spacial score (nSPS) is 18.0. The average molecular weight is 631 g/mol. The van der Waals surface area contributed by atoms with Gasteiger partial charge in [-0.25, -0.2) is 13.6 Å². The lowest BCUT2D eigenvalue weighted by Crippen LogP contribution is -2.60. The Morgan fingerprint density at radius 1 is 1.09 bits per heavy atom. The van der Waals surface area contributed by atoms with Gasteiger partial charge in [-0.15, -0.1) is 0 Å². The van der Waals surface area contributed by atoms with Gasteiger partial charge in [0.25, 0.3) is 0 Å². The lowest BCUT2D eigenvalue weighted by Gasteiger charge is -2.48. The molecule has 0 spiro atoms. The van der Waals surface area contributed by atoms with E-state index in [0.29, 0.717) is 36.5 Å². The van der Waals surface area contributed by atoms with Gasteiger partial charge in [0.1, 0.15) is 22.8 Å². The van der Waals surface area contributed by atoms with Crippen molar-refractivity contribution >= 4 is 28.3 Å². The quantitative estimate of drug-likeness (QED) is 0.303. The number of phenols is 2. The molecular formula is C34H36F2N6O4. The molecule has 6 rings (SSSR count). The predicted octanol–water partition coefficient (Wildman–Crippen LogP) is 5.00. The zero-order chi connectivity index (χ0) is 33.2. The number of nitrogens with zero attached hydrogens (tertiary/aromatic N) is 6. The van der Waals surface area contributed by atoms with Crippen molar-refractivity contribution in [3.05, 3.63) is 76.5 Å². The van der Waals surface area contributed by atoms with Gasteiger partial charge in [-0.05, 0) is 56.0 Å². The van der Waals surface area contributed by atoms with Gasteiger partial charge in [0, 0.05) is 38.9 Å². The standard InChI is InChI=1S/C34H36F2N6O4/c1-7-23(45)40-15-19(5)41-20(16-40)12-14-39(6)31-26-32(28(36)25(27(31)35)24-21(43)9-8-10-22(24)44)42(34(46)38-33(26)41)30-18(4)11-13-37-29(30)17(2)3/h7-11,13,17,19-20,43-44H,1,12,14-16H2,2-6H3. The van der Waals surface area contributed by atoms with E-state index in [1.165, 1.54) is 24.3 Å². The van der Waals surface area contributed by atoms with Crippen molar-refractivity contribution < 1.29 is 23.8 Å². The monoisotopic (exact) mass is 630 g/mol. The van der Waals surface area contributed by atoms with Gasteiger partial charge in [0.2, 0.25) is 5.91 Å². The number of phenolic OH excluding ortho intramolecular Hbond substituents is 2. The Morgan fingerprint density at radius 3 is 2.43 bits per heavy atom. The number of carbonyl (C=O) groups excluding carboxylic acids is 1. The SMILES string of the molecule is C=CC(=O)N1CC(C)N2c3nc(=O)n(-c4c(C)ccnc4C(C)C)c4c(F)c(-c5c(O)cccc5O)c(F)c(c34)N(C)CCC2C1. The first kappa shape index (κ1) is 31.0. The Bertz CT molecular complexity index is 1960. The number of amides is 1. The highest BCUT2D eigenvalue weighted by molar-refractivity contribution is 6.06. The molecule has 1 amide bonds. The average Bonchev–Trinajstić information content (AvgIpc) is 3.00. The first-order valence-corrected chi connectivity index (χ1v) is 15.2. The number of carbonyl (C=O) groups is 1. The molecule has 2 aromatic heterocycles. The third kappa shape index (κ3) is 4.65. The van der Waals surface area contributed by atoms with Gasteiger partial charge in [-0.3, -0.25) is 14.3 Å². The van der Waals surface area contributed by atoms with Crippen LogP contribution in [0.25, 0.3) is 27.7 Å². The molecule has 0 saturated carbocycles. The van der Waals surface area contributed by atoms with E-state index in [2.05, 4.69) is 16.5 Å². The summed E-state index contributed by atoms with van der Waals surface area (Å²) >= 11 is 0. The summed E-state index contributed by atoms with van der Waals surface area (Å²) in [4.78, 5) is 41.3. The molecule has 2 aliphatic rings. The van der Waals surface area contributed by atoms with Crippen molar-refractivity contribution in [1.82, 2.24) is 19.4 Å². The fraction of sp³-hybridized carbons (Fsp3) is 0.353. The molecule has 2 aromatic carbocycles. The second-order valence-corrected chi connectivity index (χ2v) is 12.4. The minimum absolute atomic E-state index is 0.0341. The maximum absolute atomic E-state index is 17.4. The van der Waals surface area contributed by atoms with Gasteiger partial charge in [-0.1, -0.05) is 26.5 Å². The summed E-state index contributed by atoms with van der Waals surface area (Å²) in [6.07, 6.45) is 3.33. The summed E-state index contributed by atoms with van der Waals surface area (Å²) in [5, 5.41) is 21.7. The first-order valence-electron chi connectivity index (χ1n) is 15.2. The minimum Gasteiger partial charge on any atom is -0.507 e. The van der Waals surface area contributed by atoms with Gasteiger partial charge >= 0.3 is 5.69 Å². The third-order valence-corrected chi connectivity index (χ3v) is 9.06. The molecule has 46 heavy (non-hydrogen) atoms. The minimum atomic E-state index is -1.15. The van der Waals surface area contributed by atoms with Gasteiger partial charge in [-0.2, -0.15) is 4.98 Å². The second-order valence-electron chi connectivity index (χ2n) is 12.4. The summed E-state index contributed by atoms with van der Waals surface area (Å²) in [5.41, 5.74) is -0.743. The van der Waals surface area contributed by atoms with Crippen molar-refractivity contribution in [3.8, 4) is 28.3 Å². The smallest absolute Gasteiger partial charge is 0.354 e. The number of piperazine rings is 1. The van der Waals surface area contributed by atoms with Gasteiger partial charge < -0.3 is 24.9 Å². The van der Waals surface area contributed by atoms with Crippen LogP contribution >= 0.6 is 0 Å². The van der Waals surface area contributed by atoms with Crippen molar-refractivity contribution in [3.63, 3.8) is 0 Å². The fourth-order valence-corrected chi connectivity index (χ4v) is 6.98. The van der Waals surface area contributed by atoms with Crippen LogP contribution in [0, 0.1) is 18.6 Å². The molecule has 2 unspecified atom stereocenters. The van der Waals surface area contributed by atoms with Crippen LogP contribution in [0.5, 0.6) is 11.5 Å². The van der Waals surface area contributed by atoms with Crippen LogP contribution in [0.15, 0.2) is 47.9 Å². The van der Waals surface area contributed by atoms with Gasteiger partial charge in [0.15, 0.2) is 11.6 Å². The summed E-state index contributed by atoms with van der Waals surface area (Å²) in [6, 6.07) is 4.83. The maximum atomic E-state index is 17.4. The topological polar surface area (TPSA) is 115 Å². The Hall–Kier alpha value is -5.00. The van der Waals surface area contributed by atoms with E-state index < -0.39 is 40.0 Å². The Kier molecular flexibility index (Phi) is 7.69. The fourth-order valence-electron chi connectivity index (χ4n) is 6.98. The molecule has 1 saturated heterocycles. The van der Waals surface area contributed by atoms with Crippen LogP contribution in [-0.2, 0) is 4.79 Å². The summed E-state index contributed by atoms with van der Waals surface area (Å²) in [6.45, 7) is 12.0. The van der Waals surface area contributed by atoms with Crippen LogP contribution in [0.4, 0.5) is 20.3 Å². The van der Waals surface area contributed by atoms with E-state index in [1.54, 1.807) is 36.0 Å². The van der Waals surface area contributed by atoms with Crippen LogP contribution in [0.2, 0.25) is 0 Å². The van der Waals surface area contributed by atoms with Crippen molar-refractivity contribution in [2.24, 2.45) is 0 Å². The Labute approximate surface area is 264 Å². The van der Waals surface area contributed by atoms with E-state index in [9.17, 15) is 19.8 Å². The number of hydrogen-bond donors (Lipinski definition) is 2. The van der Waals surface area contributed by atoms with Crippen molar-refractivity contribution in [2.75, 3.05) is 36.5 Å². The van der Waals surface area contributed by atoms with Crippen LogP contribution in [-0.4, -0.2) is 74.3 Å². The molecule has 0 radical (unpaired) electrons. The molecule has 2 atom stereocenters. The zero-order valence-electron chi connectivity index (χ0n) is 26.4. The highest BCUT2D eigenvalue weighted by Gasteiger charge is 2.40. The second kappa shape index (κ2) is 11.4. The number of anilines is 2. The highest BCUT2D eigenvalue weighted by Crippen LogP contribution is 2.49. The zero-order valence-corrected chi connectivity index (χ0v) is 26.4. The summed E-state index contributed by atoms with van der Waals surface area (Å²) in [5.74, 6) is -3.53. The summed E-state index contributed by atoms with van der Waals surface area (Å²) in [7, 11) is 1.66. The van der Waals surface area contributed by atoms with Crippen molar-refractivity contribution in [1.29, 1.82) is 0 Å². The number of aromatic nitrogens is 3. The Balaban J connectivity index is 1.82. The lowest BCUT2D eigenvalue weighted by molar-refractivity contribution is -0.127. The number of fused-ring (bicyclic) bond motifs is 2. The molecule has 1 fully saturated rings. The first-order chi connectivity index (χ1) is 21.9. The van der Waals surface area contributed by atoms with E-state index in [-0.39, 0.29) is 52.9 Å². The number of aromatic hydroxyl groups is 2. The molecule has 10 nitrogen and oxygen atoms in total. The molecule has 2 aliphatic heterocycles. The van der Waals surface area contributed by atoms with Gasteiger partial charge in [0.05, 0.1) is 39.6 Å². The maximum Gasteiger partial charge on any atom is 0.354 e. The number of benzene rings is 2. The van der Waals surface area contributed by atoms with E-state index in [1.807, 2.05) is 25.7 Å². The lowest BCUT2D eigenvalue weighted by atomic mass is 9.94. The molecule has 4 heterocycles. The van der Waals surface area contributed by atoms with E-state index >= 15 is 8.78 Å². The molecule has 240 valence electrons. The molecule has 0 bridgehead atoms. The number of pyridine rings is 1. The Morgan fingerprint density at radius 2 is 1.78 bits per heavy atom. The third-order valence-electron chi connectivity index (χ3n) is 9.06. The van der Waals surface area contributed by atoms with E-state index in [4.69, 9.17) is 0 Å². The largest absolute Gasteiger partial charge is 0.507 e. The van der Waals surface area contributed by atoms with E-state index in [0.717, 1.165) is 4.57 Å². The number of rotatable bonds is 4. The number of hydrogen-bond acceptors (Lipinski definition) is 8.